The van der Waals surface area contributed by atoms with Crippen LogP contribution in [0.5, 0.6) is 0 Å². The quantitative estimate of drug-likeness (QED) is 0.858. The number of hydrogen-bond donors (Lipinski definition) is 2. The van der Waals surface area contributed by atoms with Crippen molar-refractivity contribution in [3.05, 3.63) is 29.8 Å². The molecule has 2 unspecified atom stereocenters. The number of rotatable bonds is 3. The van der Waals surface area contributed by atoms with Crippen molar-refractivity contribution in [3.8, 4) is 0 Å². The van der Waals surface area contributed by atoms with E-state index in [2.05, 4.69) is 16.3 Å². The summed E-state index contributed by atoms with van der Waals surface area (Å²) in [6.45, 7) is 5.51. The van der Waals surface area contributed by atoms with Gasteiger partial charge in [-0.05, 0) is 44.8 Å². The predicted octanol–water partition coefficient (Wildman–Crippen LogP) is 2.25. The van der Waals surface area contributed by atoms with Crippen LogP contribution in [0, 0.1) is 5.92 Å². The topological polar surface area (TPSA) is 35.5 Å². The van der Waals surface area contributed by atoms with Crippen LogP contribution in [-0.2, 0) is 0 Å². The number of benzene rings is 1. The molecule has 4 rings (SSSR count). The van der Waals surface area contributed by atoms with Gasteiger partial charge in [-0.15, -0.1) is 0 Å². The maximum absolute atomic E-state index is 9.82. The molecule has 0 amide bonds. The molecular formula is C15H22N2O. The van der Waals surface area contributed by atoms with E-state index in [9.17, 15) is 5.11 Å². The first-order valence-corrected chi connectivity index (χ1v) is 7.00. The Bertz CT molecular complexity index is 411. The molecule has 3 aliphatic heterocycles. The van der Waals surface area contributed by atoms with Crippen LogP contribution in [0.1, 0.15) is 31.4 Å². The van der Waals surface area contributed by atoms with Crippen molar-refractivity contribution >= 4 is 5.69 Å². The molecule has 0 aliphatic carbocycles. The van der Waals surface area contributed by atoms with Gasteiger partial charge < -0.3 is 15.3 Å². The van der Waals surface area contributed by atoms with Gasteiger partial charge in [-0.3, -0.25) is 0 Å². The summed E-state index contributed by atoms with van der Waals surface area (Å²) in [6.07, 6.45) is 2.22. The minimum Gasteiger partial charge on any atom is -0.389 e. The van der Waals surface area contributed by atoms with Gasteiger partial charge in [0.1, 0.15) is 0 Å². The molecule has 0 spiro atoms. The van der Waals surface area contributed by atoms with Crippen molar-refractivity contribution in [2.75, 3.05) is 25.0 Å². The standard InChI is InChI=1S/C15H22N2O/c1-11(18)13-4-2-3-5-14(13)16-15-10-17-8-6-12(15)7-9-17/h2-5,11-12,15-16,18H,6-10H2,1H3. The zero-order valence-electron chi connectivity index (χ0n) is 11.0. The van der Waals surface area contributed by atoms with Gasteiger partial charge in [0.05, 0.1) is 6.10 Å². The van der Waals surface area contributed by atoms with Gasteiger partial charge in [-0.25, -0.2) is 0 Å². The van der Waals surface area contributed by atoms with Gasteiger partial charge >= 0.3 is 0 Å². The smallest absolute Gasteiger partial charge is 0.0781 e. The fraction of sp³-hybridized carbons (Fsp3) is 0.600. The second-order valence-electron chi connectivity index (χ2n) is 5.65. The molecule has 2 N–H and O–H groups in total. The lowest BCUT2D eigenvalue weighted by Crippen LogP contribution is -2.53. The molecule has 3 heterocycles. The molecule has 0 radical (unpaired) electrons. The summed E-state index contributed by atoms with van der Waals surface area (Å²) in [6, 6.07) is 8.67. The zero-order chi connectivity index (χ0) is 12.5. The highest BCUT2D eigenvalue weighted by Gasteiger charge is 2.34. The number of anilines is 1. The van der Waals surface area contributed by atoms with Crippen molar-refractivity contribution in [2.24, 2.45) is 5.92 Å². The fourth-order valence-electron chi connectivity index (χ4n) is 3.32. The van der Waals surface area contributed by atoms with Gasteiger partial charge in [0.25, 0.3) is 0 Å². The molecule has 1 aromatic rings. The number of nitrogens with one attached hydrogen (secondary N) is 1. The van der Waals surface area contributed by atoms with E-state index in [-0.39, 0.29) is 0 Å². The van der Waals surface area contributed by atoms with E-state index in [1.807, 2.05) is 25.1 Å². The molecule has 3 fully saturated rings. The number of para-hydroxylation sites is 1. The third-order valence-corrected chi connectivity index (χ3v) is 4.41. The molecule has 3 heteroatoms. The van der Waals surface area contributed by atoms with E-state index in [4.69, 9.17) is 0 Å². The van der Waals surface area contributed by atoms with Crippen molar-refractivity contribution in [1.82, 2.24) is 4.90 Å². The third kappa shape index (κ3) is 2.25. The van der Waals surface area contributed by atoms with Crippen LogP contribution < -0.4 is 5.32 Å². The summed E-state index contributed by atoms with van der Waals surface area (Å²) in [5.74, 6) is 0.803. The van der Waals surface area contributed by atoms with E-state index in [0.717, 1.165) is 23.7 Å². The van der Waals surface area contributed by atoms with E-state index >= 15 is 0 Å². The number of fused-ring (bicyclic) bond motifs is 3. The SMILES string of the molecule is CC(O)c1ccccc1NC1CN2CCC1CC2. The lowest BCUT2D eigenvalue weighted by molar-refractivity contribution is 0.0973. The highest BCUT2D eigenvalue weighted by Crippen LogP contribution is 2.31. The molecule has 3 saturated heterocycles. The second-order valence-corrected chi connectivity index (χ2v) is 5.65. The Morgan fingerprint density at radius 1 is 1.28 bits per heavy atom. The molecule has 18 heavy (non-hydrogen) atoms. The van der Waals surface area contributed by atoms with E-state index in [1.54, 1.807) is 0 Å². The lowest BCUT2D eigenvalue weighted by Gasteiger charge is -2.45. The first-order chi connectivity index (χ1) is 8.74. The highest BCUT2D eigenvalue weighted by atomic mass is 16.3. The number of piperidine rings is 3. The maximum atomic E-state index is 9.82. The van der Waals surface area contributed by atoms with E-state index in [1.165, 1.54) is 25.9 Å². The molecule has 2 bridgehead atoms. The molecular weight excluding hydrogens is 224 g/mol. The molecule has 0 saturated carbocycles. The number of nitrogens with zero attached hydrogens (tertiary/aromatic N) is 1. The normalized spacial score (nSPS) is 32.2. The molecule has 0 aromatic heterocycles. The van der Waals surface area contributed by atoms with Crippen LogP contribution in [-0.4, -0.2) is 35.7 Å². The van der Waals surface area contributed by atoms with Crippen molar-refractivity contribution in [2.45, 2.75) is 31.9 Å². The summed E-state index contributed by atoms with van der Waals surface area (Å²) < 4.78 is 0. The first-order valence-electron chi connectivity index (χ1n) is 7.00. The van der Waals surface area contributed by atoms with Crippen LogP contribution >= 0.6 is 0 Å². The van der Waals surface area contributed by atoms with Crippen LogP contribution in [0.4, 0.5) is 5.69 Å². The third-order valence-electron chi connectivity index (χ3n) is 4.41. The largest absolute Gasteiger partial charge is 0.389 e. The van der Waals surface area contributed by atoms with Crippen molar-refractivity contribution < 1.29 is 5.11 Å². The van der Waals surface area contributed by atoms with Crippen molar-refractivity contribution in [1.29, 1.82) is 0 Å². The summed E-state index contributed by atoms with van der Waals surface area (Å²) >= 11 is 0. The van der Waals surface area contributed by atoms with Crippen LogP contribution in [0.2, 0.25) is 0 Å². The zero-order valence-corrected chi connectivity index (χ0v) is 11.0. The minimum absolute atomic E-state index is 0.408. The molecule has 1 aromatic carbocycles. The average molecular weight is 246 g/mol. The molecule has 3 nitrogen and oxygen atoms in total. The fourth-order valence-corrected chi connectivity index (χ4v) is 3.32. The highest BCUT2D eigenvalue weighted by molar-refractivity contribution is 5.53. The minimum atomic E-state index is -0.408. The van der Waals surface area contributed by atoms with Crippen LogP contribution in [0.25, 0.3) is 0 Å². The Morgan fingerprint density at radius 2 is 2.00 bits per heavy atom. The lowest BCUT2D eigenvalue weighted by atomic mass is 9.84. The number of aliphatic hydroxyl groups is 1. The van der Waals surface area contributed by atoms with E-state index in [0.29, 0.717) is 6.04 Å². The van der Waals surface area contributed by atoms with Gasteiger partial charge in [0, 0.05) is 23.8 Å². The van der Waals surface area contributed by atoms with Gasteiger partial charge in [-0.1, -0.05) is 18.2 Å². The van der Waals surface area contributed by atoms with E-state index < -0.39 is 6.10 Å². The Kier molecular flexibility index (Phi) is 3.27. The Labute approximate surface area is 109 Å². The molecule has 3 aliphatic rings. The van der Waals surface area contributed by atoms with Crippen LogP contribution in [0.3, 0.4) is 0 Å². The summed E-state index contributed by atoms with van der Waals surface area (Å²) in [5, 5.41) is 13.5. The maximum Gasteiger partial charge on any atom is 0.0781 e. The number of aliphatic hydroxyl groups excluding tert-OH is 1. The van der Waals surface area contributed by atoms with Gasteiger partial charge in [0.2, 0.25) is 0 Å². The number of hydrogen-bond acceptors (Lipinski definition) is 3. The van der Waals surface area contributed by atoms with Gasteiger partial charge in [-0.2, -0.15) is 0 Å². The monoisotopic (exact) mass is 246 g/mol. The Hall–Kier alpha value is -1.06. The molecule has 2 atom stereocenters. The molecule has 98 valence electrons. The van der Waals surface area contributed by atoms with Crippen LogP contribution in [0.15, 0.2) is 24.3 Å². The summed E-state index contributed by atoms with van der Waals surface area (Å²) in [7, 11) is 0. The van der Waals surface area contributed by atoms with Crippen molar-refractivity contribution in [3.63, 3.8) is 0 Å². The second kappa shape index (κ2) is 4.90. The average Bonchev–Trinajstić information content (AvgIpc) is 2.40. The predicted molar refractivity (Wildman–Crippen MR) is 73.7 cm³/mol. The Balaban J connectivity index is 1.76. The first kappa shape index (κ1) is 12.0. The summed E-state index contributed by atoms with van der Waals surface area (Å²) in [5.41, 5.74) is 2.11. The van der Waals surface area contributed by atoms with Gasteiger partial charge in [0.15, 0.2) is 0 Å². The summed E-state index contributed by atoms with van der Waals surface area (Å²) in [4.78, 5) is 2.54. The Morgan fingerprint density at radius 3 is 2.61 bits per heavy atom.